The highest BCUT2D eigenvalue weighted by atomic mass is 32.2. The van der Waals surface area contributed by atoms with E-state index in [1.54, 1.807) is 6.92 Å². The third-order valence-electron chi connectivity index (χ3n) is 2.76. The Hall–Kier alpha value is -0.0200. The molecule has 0 aromatic rings. The second kappa shape index (κ2) is 5.01. The Morgan fingerprint density at radius 1 is 1.69 bits per heavy atom. The average molecular weight is 201 g/mol. The summed E-state index contributed by atoms with van der Waals surface area (Å²) >= 11 is 2.02. The zero-order valence-electron chi connectivity index (χ0n) is 8.75. The third kappa shape index (κ3) is 3.31. The van der Waals surface area contributed by atoms with Gasteiger partial charge in [0.15, 0.2) is 0 Å². The first-order chi connectivity index (χ1) is 6.11. The average Bonchev–Trinajstić information content (AvgIpc) is 2.53. The molecule has 0 aromatic heterocycles. The van der Waals surface area contributed by atoms with Crippen molar-refractivity contribution in [1.29, 1.82) is 0 Å². The van der Waals surface area contributed by atoms with Crippen molar-refractivity contribution in [2.24, 2.45) is 0 Å². The molecule has 76 valence electrons. The first-order valence-corrected chi connectivity index (χ1v) is 6.06. The molecule has 13 heavy (non-hydrogen) atoms. The fourth-order valence-corrected chi connectivity index (χ4v) is 3.04. The van der Waals surface area contributed by atoms with Crippen molar-refractivity contribution in [3.05, 3.63) is 0 Å². The van der Waals surface area contributed by atoms with Gasteiger partial charge in [-0.1, -0.05) is 0 Å². The van der Waals surface area contributed by atoms with Crippen molar-refractivity contribution in [3.63, 3.8) is 0 Å². The van der Waals surface area contributed by atoms with Gasteiger partial charge in [0, 0.05) is 24.3 Å². The molecule has 0 aromatic carbocycles. The van der Waals surface area contributed by atoms with Crippen molar-refractivity contribution >= 4 is 17.5 Å². The van der Waals surface area contributed by atoms with Crippen LogP contribution in [0.5, 0.6) is 0 Å². The fourth-order valence-electron chi connectivity index (χ4n) is 1.76. The van der Waals surface area contributed by atoms with Gasteiger partial charge < -0.3 is 0 Å². The van der Waals surface area contributed by atoms with E-state index in [-0.39, 0.29) is 0 Å². The van der Waals surface area contributed by atoms with Crippen molar-refractivity contribution < 1.29 is 4.79 Å². The van der Waals surface area contributed by atoms with Gasteiger partial charge in [-0.05, 0) is 33.1 Å². The summed E-state index contributed by atoms with van der Waals surface area (Å²) < 4.78 is 0. The molecule has 0 amide bonds. The predicted molar refractivity (Wildman–Crippen MR) is 58.3 cm³/mol. The van der Waals surface area contributed by atoms with E-state index in [9.17, 15) is 4.79 Å². The van der Waals surface area contributed by atoms with Crippen LogP contribution in [-0.4, -0.2) is 41.3 Å². The van der Waals surface area contributed by atoms with Gasteiger partial charge in [-0.3, -0.25) is 9.69 Å². The molecule has 1 fully saturated rings. The minimum absolute atomic E-state index is 0.296. The molecule has 1 aliphatic heterocycles. The summed E-state index contributed by atoms with van der Waals surface area (Å²) in [4.78, 5) is 13.3. The van der Waals surface area contributed by atoms with Gasteiger partial charge >= 0.3 is 0 Å². The lowest BCUT2D eigenvalue weighted by atomic mass is 10.1. The Kier molecular flexibility index (Phi) is 4.26. The Labute approximate surface area is 85.1 Å². The van der Waals surface area contributed by atoms with Gasteiger partial charge in [0.05, 0.1) is 0 Å². The van der Waals surface area contributed by atoms with E-state index in [4.69, 9.17) is 0 Å². The summed E-state index contributed by atoms with van der Waals surface area (Å²) in [5, 5.41) is 0. The van der Waals surface area contributed by atoms with E-state index in [0.717, 1.165) is 0 Å². The van der Waals surface area contributed by atoms with Crippen LogP contribution < -0.4 is 0 Å². The summed E-state index contributed by atoms with van der Waals surface area (Å²) in [6, 6.07) is 1.10. The number of carbonyl (C=O) groups is 1. The molecule has 2 nitrogen and oxygen atoms in total. The predicted octanol–water partition coefficient (Wildman–Crippen LogP) is 1.79. The second-order valence-electron chi connectivity index (χ2n) is 3.94. The molecule has 0 aliphatic carbocycles. The van der Waals surface area contributed by atoms with Gasteiger partial charge in [0.2, 0.25) is 0 Å². The number of Topliss-reactive ketones (excluding diaryl/α,β-unsaturated/α-hetero) is 1. The minimum atomic E-state index is 0.296. The number of thioether (sulfide) groups is 1. The van der Waals surface area contributed by atoms with Crippen molar-refractivity contribution in [3.8, 4) is 0 Å². The molecule has 0 bridgehead atoms. The summed E-state index contributed by atoms with van der Waals surface area (Å²) in [7, 11) is 2.14. The van der Waals surface area contributed by atoms with Crippen LogP contribution in [0, 0.1) is 0 Å². The molecule has 1 saturated heterocycles. The van der Waals surface area contributed by atoms with E-state index in [2.05, 4.69) is 18.9 Å². The number of hydrogen-bond acceptors (Lipinski definition) is 3. The van der Waals surface area contributed by atoms with Crippen molar-refractivity contribution in [2.45, 2.75) is 38.8 Å². The molecule has 1 rings (SSSR count). The summed E-state index contributed by atoms with van der Waals surface area (Å²) in [6.07, 6.45) is 1.97. The quantitative estimate of drug-likeness (QED) is 0.691. The lowest BCUT2D eigenvalue weighted by molar-refractivity contribution is -0.118. The number of hydrogen-bond donors (Lipinski definition) is 0. The SMILES string of the molecule is CC(=O)CC(C)N(C)C1CCSC1. The second-order valence-corrected chi connectivity index (χ2v) is 5.09. The van der Waals surface area contributed by atoms with Crippen LogP contribution in [0.2, 0.25) is 0 Å². The normalized spacial score (nSPS) is 25.1. The van der Waals surface area contributed by atoms with Gasteiger partial charge in [-0.2, -0.15) is 11.8 Å². The molecular formula is C10H19NOS. The van der Waals surface area contributed by atoms with E-state index in [0.29, 0.717) is 24.3 Å². The van der Waals surface area contributed by atoms with Crippen molar-refractivity contribution in [1.82, 2.24) is 4.90 Å². The Balaban J connectivity index is 2.36. The van der Waals surface area contributed by atoms with Crippen LogP contribution in [0.3, 0.4) is 0 Å². The van der Waals surface area contributed by atoms with Gasteiger partial charge in [0.25, 0.3) is 0 Å². The van der Waals surface area contributed by atoms with E-state index in [1.165, 1.54) is 17.9 Å². The first-order valence-electron chi connectivity index (χ1n) is 4.90. The standard InChI is InChI=1S/C10H19NOS/c1-8(6-9(2)12)11(3)10-4-5-13-7-10/h8,10H,4-7H2,1-3H3. The molecular weight excluding hydrogens is 182 g/mol. The highest BCUT2D eigenvalue weighted by Crippen LogP contribution is 2.23. The Morgan fingerprint density at radius 2 is 2.38 bits per heavy atom. The van der Waals surface area contributed by atoms with Gasteiger partial charge in [0.1, 0.15) is 5.78 Å². The molecule has 0 N–H and O–H groups in total. The smallest absolute Gasteiger partial charge is 0.131 e. The van der Waals surface area contributed by atoms with Crippen LogP contribution in [0.1, 0.15) is 26.7 Å². The van der Waals surface area contributed by atoms with E-state index >= 15 is 0 Å². The topological polar surface area (TPSA) is 20.3 Å². The van der Waals surface area contributed by atoms with Gasteiger partial charge in [-0.25, -0.2) is 0 Å². The first kappa shape index (κ1) is 11.1. The maximum Gasteiger partial charge on any atom is 0.131 e. The minimum Gasteiger partial charge on any atom is -0.300 e. The number of ketones is 1. The molecule has 0 radical (unpaired) electrons. The molecule has 2 unspecified atom stereocenters. The number of rotatable bonds is 4. The Morgan fingerprint density at radius 3 is 2.85 bits per heavy atom. The highest BCUT2D eigenvalue weighted by molar-refractivity contribution is 7.99. The number of carbonyl (C=O) groups excluding carboxylic acids is 1. The molecule has 0 saturated carbocycles. The Bertz CT molecular complexity index is 178. The van der Waals surface area contributed by atoms with Gasteiger partial charge in [-0.15, -0.1) is 0 Å². The van der Waals surface area contributed by atoms with Crippen LogP contribution in [0.4, 0.5) is 0 Å². The summed E-state index contributed by atoms with van der Waals surface area (Å²) in [6.45, 7) is 3.82. The number of nitrogens with zero attached hydrogens (tertiary/aromatic N) is 1. The zero-order chi connectivity index (χ0) is 9.84. The van der Waals surface area contributed by atoms with E-state index in [1.807, 2.05) is 11.8 Å². The maximum absolute atomic E-state index is 10.9. The van der Waals surface area contributed by atoms with Crippen molar-refractivity contribution in [2.75, 3.05) is 18.6 Å². The molecule has 1 heterocycles. The van der Waals surface area contributed by atoms with E-state index < -0.39 is 0 Å². The third-order valence-corrected chi connectivity index (χ3v) is 3.90. The summed E-state index contributed by atoms with van der Waals surface area (Å²) in [5.74, 6) is 2.81. The largest absolute Gasteiger partial charge is 0.300 e. The molecule has 2 atom stereocenters. The lowest BCUT2D eigenvalue weighted by Crippen LogP contribution is -2.39. The zero-order valence-corrected chi connectivity index (χ0v) is 9.56. The monoisotopic (exact) mass is 201 g/mol. The molecule has 3 heteroatoms. The van der Waals surface area contributed by atoms with Crippen LogP contribution >= 0.6 is 11.8 Å². The molecule has 0 spiro atoms. The maximum atomic E-state index is 10.9. The molecule has 1 aliphatic rings. The highest BCUT2D eigenvalue weighted by Gasteiger charge is 2.23. The fraction of sp³-hybridized carbons (Fsp3) is 0.900. The van der Waals surface area contributed by atoms with Crippen LogP contribution in [0.15, 0.2) is 0 Å². The summed E-state index contributed by atoms with van der Waals surface area (Å²) in [5.41, 5.74) is 0. The van der Waals surface area contributed by atoms with Crippen LogP contribution in [0.25, 0.3) is 0 Å². The lowest BCUT2D eigenvalue weighted by Gasteiger charge is -2.29. The van der Waals surface area contributed by atoms with Crippen LogP contribution in [-0.2, 0) is 4.79 Å².